The highest BCUT2D eigenvalue weighted by atomic mass is 32.2. The Hall–Kier alpha value is -1.36. The molecule has 0 saturated carbocycles. The Morgan fingerprint density at radius 2 is 2.00 bits per heavy atom. The molecule has 2 rings (SSSR count). The molecule has 1 heterocycles. The molecule has 5 heteroatoms. The topological polar surface area (TPSA) is 46.6 Å². The van der Waals surface area contributed by atoms with Gasteiger partial charge in [-0.1, -0.05) is 18.2 Å². The van der Waals surface area contributed by atoms with Crippen molar-refractivity contribution in [3.63, 3.8) is 0 Å². The van der Waals surface area contributed by atoms with Crippen LogP contribution in [0.1, 0.15) is 12.0 Å². The number of hydrogen-bond acceptors (Lipinski definition) is 3. The molecule has 0 N–H and O–H groups in total. The lowest BCUT2D eigenvalue weighted by molar-refractivity contribution is -0.130. The molecule has 0 radical (unpaired) electrons. The number of benzene rings is 1. The number of ether oxygens (including phenoxy) is 1. The Bertz CT molecular complexity index is 466. The molecule has 1 aromatic rings. The van der Waals surface area contributed by atoms with Crippen molar-refractivity contribution in [2.24, 2.45) is 0 Å². The van der Waals surface area contributed by atoms with Gasteiger partial charge in [-0.3, -0.25) is 9.00 Å². The average Bonchev–Trinajstić information content (AvgIpc) is 2.45. The highest BCUT2D eigenvalue weighted by Crippen LogP contribution is 2.19. The van der Waals surface area contributed by atoms with Gasteiger partial charge in [0.25, 0.3) is 0 Å². The Morgan fingerprint density at radius 1 is 1.32 bits per heavy atom. The number of para-hydroxylation sites is 1. The second kappa shape index (κ2) is 6.70. The van der Waals surface area contributed by atoms with Crippen molar-refractivity contribution in [3.05, 3.63) is 29.8 Å². The number of rotatable bonds is 4. The minimum absolute atomic E-state index is 0.141. The zero-order valence-corrected chi connectivity index (χ0v) is 11.9. The number of methoxy groups -OCH3 is 1. The highest BCUT2D eigenvalue weighted by molar-refractivity contribution is 7.85. The summed E-state index contributed by atoms with van der Waals surface area (Å²) in [4.78, 5) is 13.9. The summed E-state index contributed by atoms with van der Waals surface area (Å²) in [5.74, 6) is 2.19. The van der Waals surface area contributed by atoms with Crippen LogP contribution in [0.3, 0.4) is 0 Å². The first kappa shape index (κ1) is 14.1. The van der Waals surface area contributed by atoms with Crippen LogP contribution in [-0.2, 0) is 22.0 Å². The van der Waals surface area contributed by atoms with E-state index in [1.165, 1.54) is 0 Å². The molecule has 1 fully saturated rings. The standard InChI is InChI=1S/C14H19NO3S/c1-18-13-5-3-2-4-12(13)6-7-14(16)15-8-10-19(17)11-9-15/h2-5H,6-11H2,1H3. The van der Waals surface area contributed by atoms with Crippen LogP contribution in [0.5, 0.6) is 5.75 Å². The second-order valence-corrected chi connectivity index (χ2v) is 6.24. The summed E-state index contributed by atoms with van der Waals surface area (Å²) in [5.41, 5.74) is 1.05. The summed E-state index contributed by atoms with van der Waals surface area (Å²) < 4.78 is 16.5. The van der Waals surface area contributed by atoms with Crippen molar-refractivity contribution >= 4 is 16.7 Å². The van der Waals surface area contributed by atoms with Crippen molar-refractivity contribution in [3.8, 4) is 5.75 Å². The van der Waals surface area contributed by atoms with E-state index in [0.29, 0.717) is 37.4 Å². The fourth-order valence-electron chi connectivity index (χ4n) is 2.20. The number of carbonyl (C=O) groups is 1. The lowest BCUT2D eigenvalue weighted by Crippen LogP contribution is -2.41. The third-order valence-electron chi connectivity index (χ3n) is 3.33. The Kier molecular flexibility index (Phi) is 4.96. The van der Waals surface area contributed by atoms with Crippen LogP contribution in [0.25, 0.3) is 0 Å². The van der Waals surface area contributed by atoms with E-state index in [-0.39, 0.29) is 5.91 Å². The van der Waals surface area contributed by atoms with Crippen molar-refractivity contribution in [2.45, 2.75) is 12.8 Å². The fraction of sp³-hybridized carbons (Fsp3) is 0.500. The molecule has 0 aromatic heterocycles. The molecule has 4 nitrogen and oxygen atoms in total. The molecule has 1 aliphatic rings. The van der Waals surface area contributed by atoms with E-state index in [2.05, 4.69) is 0 Å². The SMILES string of the molecule is COc1ccccc1CCC(=O)N1CCS(=O)CC1. The van der Waals surface area contributed by atoms with Crippen molar-refractivity contribution in [1.82, 2.24) is 4.90 Å². The predicted molar refractivity (Wildman–Crippen MR) is 75.8 cm³/mol. The van der Waals surface area contributed by atoms with Crippen LogP contribution in [0.4, 0.5) is 0 Å². The third kappa shape index (κ3) is 3.80. The molecule has 1 aliphatic heterocycles. The molecule has 1 saturated heterocycles. The summed E-state index contributed by atoms with van der Waals surface area (Å²) in [6, 6.07) is 7.76. The first-order valence-corrected chi connectivity index (χ1v) is 7.94. The van der Waals surface area contributed by atoms with Crippen LogP contribution in [0, 0.1) is 0 Å². The highest BCUT2D eigenvalue weighted by Gasteiger charge is 2.19. The molecule has 0 atom stereocenters. The van der Waals surface area contributed by atoms with Crippen molar-refractivity contribution < 1.29 is 13.7 Å². The normalized spacial score (nSPS) is 16.4. The first-order chi connectivity index (χ1) is 9.20. The zero-order valence-electron chi connectivity index (χ0n) is 11.1. The zero-order chi connectivity index (χ0) is 13.7. The van der Waals surface area contributed by atoms with Gasteiger partial charge in [0.15, 0.2) is 0 Å². The predicted octanol–water partition coefficient (Wildman–Crippen LogP) is 1.22. The molecule has 0 spiro atoms. The minimum atomic E-state index is -0.736. The third-order valence-corrected chi connectivity index (χ3v) is 4.61. The average molecular weight is 281 g/mol. The molecule has 0 aliphatic carbocycles. The molecule has 1 aromatic carbocycles. The van der Waals surface area contributed by atoms with Crippen LogP contribution in [-0.4, -0.2) is 46.7 Å². The first-order valence-electron chi connectivity index (χ1n) is 6.45. The van der Waals surface area contributed by atoms with Crippen LogP contribution in [0.15, 0.2) is 24.3 Å². The van der Waals surface area contributed by atoms with E-state index < -0.39 is 10.8 Å². The van der Waals surface area contributed by atoms with Gasteiger partial charge in [-0.2, -0.15) is 0 Å². The lowest BCUT2D eigenvalue weighted by Gasteiger charge is -2.26. The van der Waals surface area contributed by atoms with E-state index in [4.69, 9.17) is 4.74 Å². The Morgan fingerprint density at radius 3 is 2.68 bits per heavy atom. The van der Waals surface area contributed by atoms with Gasteiger partial charge >= 0.3 is 0 Å². The van der Waals surface area contributed by atoms with E-state index in [0.717, 1.165) is 11.3 Å². The Labute approximate surface area is 116 Å². The summed E-state index contributed by atoms with van der Waals surface area (Å²) in [6.45, 7) is 1.24. The summed E-state index contributed by atoms with van der Waals surface area (Å²) in [6.07, 6.45) is 1.16. The number of amides is 1. The van der Waals surface area contributed by atoms with Crippen molar-refractivity contribution in [1.29, 1.82) is 0 Å². The summed E-state index contributed by atoms with van der Waals surface area (Å²) in [5, 5.41) is 0. The van der Waals surface area contributed by atoms with E-state index in [1.54, 1.807) is 7.11 Å². The van der Waals surface area contributed by atoms with Gasteiger partial charge in [0.2, 0.25) is 5.91 Å². The van der Waals surface area contributed by atoms with Gasteiger partial charge in [-0.05, 0) is 18.1 Å². The van der Waals surface area contributed by atoms with E-state index in [9.17, 15) is 9.00 Å². The van der Waals surface area contributed by atoms with Gasteiger partial charge in [-0.25, -0.2) is 0 Å². The van der Waals surface area contributed by atoms with Crippen LogP contribution in [0.2, 0.25) is 0 Å². The van der Waals surface area contributed by atoms with Gasteiger partial charge in [0.05, 0.1) is 7.11 Å². The molecule has 0 unspecified atom stereocenters. The lowest BCUT2D eigenvalue weighted by atomic mass is 10.1. The molecular weight excluding hydrogens is 262 g/mol. The van der Waals surface area contributed by atoms with Gasteiger partial charge in [-0.15, -0.1) is 0 Å². The molecule has 1 amide bonds. The van der Waals surface area contributed by atoms with E-state index >= 15 is 0 Å². The summed E-state index contributed by atoms with van der Waals surface area (Å²) >= 11 is 0. The van der Waals surface area contributed by atoms with Gasteiger partial charge in [0, 0.05) is 41.8 Å². The van der Waals surface area contributed by atoms with Crippen molar-refractivity contribution in [2.75, 3.05) is 31.7 Å². The van der Waals surface area contributed by atoms with Gasteiger partial charge < -0.3 is 9.64 Å². The van der Waals surface area contributed by atoms with Crippen LogP contribution >= 0.6 is 0 Å². The quantitative estimate of drug-likeness (QED) is 0.833. The molecule has 19 heavy (non-hydrogen) atoms. The Balaban J connectivity index is 1.88. The maximum atomic E-state index is 12.1. The number of nitrogens with zero attached hydrogens (tertiary/aromatic N) is 1. The van der Waals surface area contributed by atoms with E-state index in [1.807, 2.05) is 29.2 Å². The minimum Gasteiger partial charge on any atom is -0.496 e. The van der Waals surface area contributed by atoms with Crippen LogP contribution < -0.4 is 4.74 Å². The number of hydrogen-bond donors (Lipinski definition) is 0. The largest absolute Gasteiger partial charge is 0.496 e. The molecule has 0 bridgehead atoms. The molecular formula is C14H19NO3S. The second-order valence-electron chi connectivity index (χ2n) is 4.54. The van der Waals surface area contributed by atoms with Gasteiger partial charge in [0.1, 0.15) is 5.75 Å². The maximum absolute atomic E-state index is 12.1. The molecule has 104 valence electrons. The monoisotopic (exact) mass is 281 g/mol. The maximum Gasteiger partial charge on any atom is 0.222 e. The summed E-state index contributed by atoms with van der Waals surface area (Å²) in [7, 11) is 0.903. The number of aryl methyl sites for hydroxylation is 1. The smallest absolute Gasteiger partial charge is 0.222 e. The number of carbonyl (C=O) groups excluding carboxylic acids is 1. The fourth-order valence-corrected chi connectivity index (χ4v) is 3.25.